The largest absolute Gasteiger partial charge is 0.497 e. The van der Waals surface area contributed by atoms with Crippen LogP contribution in [0.15, 0.2) is 35.2 Å². The Morgan fingerprint density at radius 1 is 1.24 bits per heavy atom. The SMILES string of the molecule is [B][C@H](NC(=O)O[C@H]1CO[C@H]2OCC[C@H]21)[C@H](O)CN1C[C@H]2CCC(=O)N2C/C=C/CCOc2cc(OC)ccc2S1(=O)=O. The smallest absolute Gasteiger partial charge is 0.407 e. The summed E-state index contributed by atoms with van der Waals surface area (Å²) >= 11 is 0. The number of rotatable bonds is 6. The quantitative estimate of drug-likeness (QED) is 0.343. The maximum absolute atomic E-state index is 14.1. The van der Waals surface area contributed by atoms with Gasteiger partial charge in [0.2, 0.25) is 15.9 Å². The van der Waals surface area contributed by atoms with Gasteiger partial charge < -0.3 is 39.0 Å². The fourth-order valence-electron chi connectivity index (χ4n) is 5.64. The van der Waals surface area contributed by atoms with Crippen molar-refractivity contribution in [1.82, 2.24) is 14.5 Å². The third-order valence-corrected chi connectivity index (χ3v) is 9.85. The molecule has 42 heavy (non-hydrogen) atoms. The van der Waals surface area contributed by atoms with E-state index in [-0.39, 0.29) is 48.6 Å². The highest BCUT2D eigenvalue weighted by molar-refractivity contribution is 7.89. The van der Waals surface area contributed by atoms with E-state index in [1.54, 1.807) is 4.90 Å². The summed E-state index contributed by atoms with van der Waals surface area (Å²) in [5.74, 6) is -1.01. The highest BCUT2D eigenvalue weighted by Crippen LogP contribution is 2.34. The Morgan fingerprint density at radius 3 is 2.88 bits per heavy atom. The first kappa shape index (κ1) is 30.6. The first-order chi connectivity index (χ1) is 20.2. The number of carbonyl (C=O) groups excluding carboxylic acids is 2. The van der Waals surface area contributed by atoms with Crippen molar-refractivity contribution in [3.05, 3.63) is 30.4 Å². The number of benzene rings is 1. The number of nitrogens with zero attached hydrogens (tertiary/aromatic N) is 2. The fourth-order valence-corrected chi connectivity index (χ4v) is 7.24. The minimum atomic E-state index is -4.28. The van der Waals surface area contributed by atoms with Crippen LogP contribution in [0.2, 0.25) is 0 Å². The number of fused-ring (bicyclic) bond motifs is 3. The average molecular weight is 605 g/mol. The second kappa shape index (κ2) is 13.2. The summed E-state index contributed by atoms with van der Waals surface area (Å²) in [5.41, 5.74) is 0. The number of methoxy groups -OCH3 is 1. The van der Waals surface area contributed by atoms with Gasteiger partial charge in [-0.2, -0.15) is 4.31 Å². The van der Waals surface area contributed by atoms with E-state index in [4.69, 9.17) is 31.5 Å². The molecule has 0 unspecified atom stereocenters. The zero-order valence-electron chi connectivity index (χ0n) is 23.4. The normalized spacial score (nSPS) is 29.9. The molecule has 0 spiro atoms. The van der Waals surface area contributed by atoms with Gasteiger partial charge in [0.05, 0.1) is 39.0 Å². The highest BCUT2D eigenvalue weighted by Gasteiger charge is 2.44. The Bertz CT molecular complexity index is 1280. The Balaban J connectivity index is 1.35. The molecule has 15 heteroatoms. The molecule has 4 heterocycles. The summed E-state index contributed by atoms with van der Waals surface area (Å²) < 4.78 is 56.8. The first-order valence-electron chi connectivity index (χ1n) is 14.1. The molecule has 2 amide bonds. The number of β-amino-alcohol motifs (C(OH)–C–C–N with tert-alkyl or cyclic N) is 1. The number of amides is 2. The van der Waals surface area contributed by atoms with Crippen LogP contribution >= 0.6 is 0 Å². The molecule has 1 aromatic carbocycles. The van der Waals surface area contributed by atoms with Crippen molar-refractivity contribution in [2.75, 3.05) is 46.6 Å². The molecule has 0 bridgehead atoms. The van der Waals surface area contributed by atoms with E-state index in [0.717, 1.165) is 4.31 Å². The molecule has 6 atom stereocenters. The third-order valence-electron chi connectivity index (χ3n) is 7.98. The maximum atomic E-state index is 14.1. The molecule has 1 aromatic rings. The Kier molecular flexibility index (Phi) is 9.62. The zero-order chi connectivity index (χ0) is 29.9. The van der Waals surface area contributed by atoms with Crippen molar-refractivity contribution in [3.63, 3.8) is 0 Å². The Morgan fingerprint density at radius 2 is 2.07 bits per heavy atom. The van der Waals surface area contributed by atoms with Crippen LogP contribution < -0.4 is 14.8 Å². The second-order valence-corrected chi connectivity index (χ2v) is 12.6. The van der Waals surface area contributed by atoms with E-state index in [1.165, 1.54) is 25.3 Å². The molecule has 2 N–H and O–H groups in total. The van der Waals surface area contributed by atoms with E-state index in [1.807, 2.05) is 12.2 Å². The molecule has 4 aliphatic rings. The number of carbonyl (C=O) groups is 2. The summed E-state index contributed by atoms with van der Waals surface area (Å²) in [6, 6.07) is 3.96. The highest BCUT2D eigenvalue weighted by atomic mass is 32.2. The van der Waals surface area contributed by atoms with Crippen molar-refractivity contribution in [3.8, 4) is 11.5 Å². The minimum Gasteiger partial charge on any atom is -0.497 e. The molecule has 0 aliphatic carbocycles. The molecular formula is C27H36BN3O10S. The number of hydrogen-bond donors (Lipinski definition) is 2. The molecule has 13 nitrogen and oxygen atoms in total. The molecule has 0 saturated carbocycles. The van der Waals surface area contributed by atoms with Crippen LogP contribution in [0.5, 0.6) is 11.5 Å². The predicted octanol–water partition coefficient (Wildman–Crippen LogP) is 0.359. The second-order valence-electron chi connectivity index (χ2n) is 10.7. The van der Waals surface area contributed by atoms with Crippen LogP contribution in [0, 0.1) is 5.92 Å². The summed E-state index contributed by atoms with van der Waals surface area (Å²) in [7, 11) is 3.28. The number of sulfonamides is 1. The van der Waals surface area contributed by atoms with Gasteiger partial charge in [0.15, 0.2) is 6.29 Å². The van der Waals surface area contributed by atoms with Crippen LogP contribution in [0.25, 0.3) is 0 Å². The number of aliphatic hydroxyl groups is 1. The molecule has 4 aliphatic heterocycles. The molecule has 2 radical (unpaired) electrons. The summed E-state index contributed by atoms with van der Waals surface area (Å²) in [4.78, 5) is 26.7. The lowest BCUT2D eigenvalue weighted by molar-refractivity contribution is -0.128. The summed E-state index contributed by atoms with van der Waals surface area (Å²) in [6.45, 7) is 0.665. The lowest BCUT2D eigenvalue weighted by Gasteiger charge is -2.33. The van der Waals surface area contributed by atoms with Crippen molar-refractivity contribution in [2.24, 2.45) is 5.92 Å². The van der Waals surface area contributed by atoms with Gasteiger partial charge >= 0.3 is 6.09 Å². The maximum Gasteiger partial charge on any atom is 0.407 e. The minimum absolute atomic E-state index is 0.0780. The molecule has 0 aromatic heterocycles. The van der Waals surface area contributed by atoms with Gasteiger partial charge in [-0.1, -0.05) is 12.2 Å². The third kappa shape index (κ3) is 6.70. The van der Waals surface area contributed by atoms with E-state index >= 15 is 0 Å². The number of alkyl carbamates (subject to hydrolysis) is 1. The molecule has 3 saturated heterocycles. The fraction of sp³-hybridized carbons (Fsp3) is 0.630. The van der Waals surface area contributed by atoms with Gasteiger partial charge in [-0.15, -0.1) is 0 Å². The molecule has 3 fully saturated rings. The lowest BCUT2D eigenvalue weighted by Crippen LogP contribution is -2.52. The topological polar surface area (TPSA) is 153 Å². The van der Waals surface area contributed by atoms with Crippen LogP contribution in [0.4, 0.5) is 4.79 Å². The number of nitrogens with one attached hydrogen (secondary N) is 1. The average Bonchev–Trinajstić information content (AvgIpc) is 3.67. The predicted molar refractivity (Wildman–Crippen MR) is 148 cm³/mol. The molecule has 228 valence electrons. The van der Waals surface area contributed by atoms with Crippen molar-refractivity contribution in [2.45, 2.75) is 61.1 Å². The van der Waals surface area contributed by atoms with Gasteiger partial charge in [0.25, 0.3) is 0 Å². The van der Waals surface area contributed by atoms with Crippen molar-refractivity contribution in [1.29, 1.82) is 0 Å². The van der Waals surface area contributed by atoms with Gasteiger partial charge in [-0.05, 0) is 31.4 Å². The van der Waals surface area contributed by atoms with E-state index in [2.05, 4.69) is 5.32 Å². The number of hydrogen-bond acceptors (Lipinski definition) is 10. The summed E-state index contributed by atoms with van der Waals surface area (Å²) in [5, 5.41) is 13.4. The van der Waals surface area contributed by atoms with Gasteiger partial charge in [0, 0.05) is 44.1 Å². The zero-order valence-corrected chi connectivity index (χ0v) is 24.2. The summed E-state index contributed by atoms with van der Waals surface area (Å²) in [6.07, 6.45) is 2.38. The molecule has 5 rings (SSSR count). The van der Waals surface area contributed by atoms with E-state index in [0.29, 0.717) is 38.2 Å². The van der Waals surface area contributed by atoms with Crippen molar-refractivity contribution >= 4 is 29.9 Å². The monoisotopic (exact) mass is 605 g/mol. The van der Waals surface area contributed by atoms with E-state index in [9.17, 15) is 23.1 Å². The number of ether oxygens (including phenoxy) is 5. The van der Waals surface area contributed by atoms with Crippen LogP contribution in [0.3, 0.4) is 0 Å². The van der Waals surface area contributed by atoms with Crippen LogP contribution in [-0.4, -0.2) is 120 Å². The van der Waals surface area contributed by atoms with Gasteiger partial charge in [0.1, 0.15) is 30.3 Å². The Labute approximate surface area is 246 Å². The Hall–Kier alpha value is -2.85. The lowest BCUT2D eigenvalue weighted by atomic mass is 9.91. The molecular weight excluding hydrogens is 569 g/mol. The van der Waals surface area contributed by atoms with Crippen LogP contribution in [0.1, 0.15) is 25.7 Å². The van der Waals surface area contributed by atoms with Crippen molar-refractivity contribution < 1.29 is 46.8 Å². The van der Waals surface area contributed by atoms with E-state index < -0.39 is 53.1 Å². The standard InChI is InChI=1S/C27H36BN3O10S/c1-37-18-6-7-23-21(13-18)38-11-4-2-3-10-31-17(5-8-24(31)33)14-30(42(23,35)36)15-20(32)25(28)29-27(34)41-22-16-40-26-19(22)9-12-39-26/h2-3,6-7,13,17,19-20,22,25-26,32H,4-5,8-12,14-16H2,1H3,(H,29,34)/b3-2+/t17-,19+,20-,22+,25-,26-/m1/s1. The first-order valence-corrected chi connectivity index (χ1v) is 15.5. The number of aliphatic hydroxyl groups excluding tert-OH is 1. The van der Waals surface area contributed by atoms with Gasteiger partial charge in [-0.3, -0.25) is 4.79 Å². The van der Waals surface area contributed by atoms with Crippen LogP contribution in [-0.2, 0) is 29.0 Å². The van der Waals surface area contributed by atoms with Gasteiger partial charge in [-0.25, -0.2) is 13.2 Å².